The molecule has 0 saturated carbocycles. The van der Waals surface area contributed by atoms with Gasteiger partial charge >= 0.3 is 6.09 Å². The third kappa shape index (κ3) is 9.97. The Morgan fingerprint density at radius 3 is 2.42 bits per heavy atom. The summed E-state index contributed by atoms with van der Waals surface area (Å²) in [5.41, 5.74) is 5.48. The molecule has 0 fully saturated rings. The third-order valence-corrected chi connectivity index (χ3v) is 5.18. The van der Waals surface area contributed by atoms with E-state index in [0.717, 1.165) is 19.3 Å². The number of primary amides is 1. The van der Waals surface area contributed by atoms with Crippen molar-refractivity contribution in [2.75, 3.05) is 13.1 Å². The molecule has 1 rings (SSSR count). The summed E-state index contributed by atoms with van der Waals surface area (Å²) >= 11 is 0. The van der Waals surface area contributed by atoms with Gasteiger partial charge in [-0.2, -0.15) is 0 Å². The van der Waals surface area contributed by atoms with Crippen molar-refractivity contribution in [3.63, 3.8) is 0 Å². The van der Waals surface area contributed by atoms with Crippen LogP contribution in [0.3, 0.4) is 0 Å². The Labute approximate surface area is 213 Å². The number of nitrogens with zero attached hydrogens (tertiary/aromatic N) is 1. The number of hydrogen-bond donors (Lipinski definition) is 4. The lowest BCUT2D eigenvalue weighted by Gasteiger charge is -2.33. The number of aromatic hydroxyl groups is 1. The first-order valence-electron chi connectivity index (χ1n) is 12.1. The van der Waals surface area contributed by atoms with Gasteiger partial charge in [0.05, 0.1) is 6.42 Å². The number of unbranched alkanes of at least 4 members (excludes halogenated alkanes) is 2. The Morgan fingerprint density at radius 2 is 1.89 bits per heavy atom. The van der Waals surface area contributed by atoms with E-state index in [1.165, 1.54) is 17.0 Å². The highest BCUT2D eigenvalue weighted by Crippen LogP contribution is 2.27. The Hall–Kier alpha value is -3.56. The highest BCUT2D eigenvalue weighted by atomic mass is 16.6. The maximum Gasteiger partial charge on any atom is 0.408 e. The number of aryl methyl sites for hydroxylation is 1. The van der Waals surface area contributed by atoms with E-state index in [0.29, 0.717) is 17.7 Å². The summed E-state index contributed by atoms with van der Waals surface area (Å²) in [6.07, 6.45) is 2.72. The van der Waals surface area contributed by atoms with Crippen LogP contribution in [-0.2, 0) is 19.1 Å². The van der Waals surface area contributed by atoms with Crippen LogP contribution < -0.4 is 16.4 Å². The number of ether oxygens (including phenoxy) is 1. The third-order valence-electron chi connectivity index (χ3n) is 5.18. The van der Waals surface area contributed by atoms with Crippen molar-refractivity contribution in [1.29, 1.82) is 0 Å². The Morgan fingerprint density at radius 1 is 1.22 bits per heavy atom. The summed E-state index contributed by atoms with van der Waals surface area (Å²) in [6, 6.07) is 2.11. The molecule has 1 aromatic carbocycles. The van der Waals surface area contributed by atoms with E-state index in [-0.39, 0.29) is 12.3 Å². The number of amides is 4. The van der Waals surface area contributed by atoms with Crippen LogP contribution in [0.2, 0.25) is 0 Å². The van der Waals surface area contributed by atoms with Gasteiger partial charge in [0.2, 0.25) is 17.7 Å². The molecule has 5 N–H and O–H groups in total. The van der Waals surface area contributed by atoms with Gasteiger partial charge in [-0.15, -0.1) is 6.58 Å². The maximum absolute atomic E-state index is 13.7. The minimum absolute atomic E-state index is 0.0423. The smallest absolute Gasteiger partial charge is 0.408 e. The van der Waals surface area contributed by atoms with Gasteiger partial charge in [0.15, 0.2) is 0 Å². The first-order valence-corrected chi connectivity index (χ1v) is 12.1. The van der Waals surface area contributed by atoms with Gasteiger partial charge in [-0.05, 0) is 57.4 Å². The van der Waals surface area contributed by atoms with E-state index in [4.69, 9.17) is 10.5 Å². The predicted octanol–water partition coefficient (Wildman–Crippen LogP) is 2.83. The molecule has 0 aliphatic carbocycles. The van der Waals surface area contributed by atoms with Gasteiger partial charge < -0.3 is 31.1 Å². The second-order valence-corrected chi connectivity index (χ2v) is 9.60. The van der Waals surface area contributed by atoms with Crippen molar-refractivity contribution >= 4 is 23.8 Å². The summed E-state index contributed by atoms with van der Waals surface area (Å²) in [5, 5.41) is 15.3. The van der Waals surface area contributed by atoms with E-state index in [1.54, 1.807) is 39.8 Å². The molecule has 36 heavy (non-hydrogen) atoms. The molecule has 0 aliphatic heterocycles. The fourth-order valence-electron chi connectivity index (χ4n) is 3.52. The minimum Gasteiger partial charge on any atom is -0.508 e. The molecular formula is C26H40N4O6. The zero-order valence-electron chi connectivity index (χ0n) is 21.9. The minimum atomic E-state index is -1.37. The number of carbonyl (C=O) groups is 4. The van der Waals surface area contributed by atoms with E-state index in [1.807, 2.05) is 6.92 Å². The molecule has 0 bridgehead atoms. The zero-order chi connectivity index (χ0) is 27.5. The molecule has 0 radical (unpaired) electrons. The lowest BCUT2D eigenvalue weighted by atomic mass is 9.99. The quantitative estimate of drug-likeness (QED) is 0.240. The van der Waals surface area contributed by atoms with E-state index < -0.39 is 47.9 Å². The summed E-state index contributed by atoms with van der Waals surface area (Å²) < 4.78 is 5.24. The summed E-state index contributed by atoms with van der Waals surface area (Å²) in [4.78, 5) is 52.4. The lowest BCUT2D eigenvalue weighted by Crippen LogP contribution is -2.54. The van der Waals surface area contributed by atoms with Crippen molar-refractivity contribution < 1.29 is 29.0 Å². The first-order chi connectivity index (χ1) is 16.8. The molecule has 0 aromatic heterocycles. The normalized spacial score (nSPS) is 12.7. The van der Waals surface area contributed by atoms with Crippen LogP contribution in [0.15, 0.2) is 30.9 Å². The monoisotopic (exact) mass is 504 g/mol. The fourth-order valence-corrected chi connectivity index (χ4v) is 3.52. The van der Waals surface area contributed by atoms with Crippen LogP contribution in [0.5, 0.6) is 5.75 Å². The standard InChI is InChI=1S/C26H40N4O6/c1-7-9-10-13-28-23(33)22(18-11-12-20(31)17(3)15-18)30(14-8-2)24(34)19(16-21(27)32)29-25(35)36-26(4,5)6/h8,11-12,15,19,22,31H,2,7,9-10,13-14,16H2,1,3-6H3,(H2,27,32)(H,28,33)(H,29,35). The van der Waals surface area contributed by atoms with E-state index in [2.05, 4.69) is 17.2 Å². The van der Waals surface area contributed by atoms with Crippen molar-refractivity contribution in [2.24, 2.45) is 5.73 Å². The summed E-state index contributed by atoms with van der Waals surface area (Å²) in [6.45, 7) is 12.8. The molecule has 4 amide bonds. The van der Waals surface area contributed by atoms with Gasteiger partial charge in [-0.3, -0.25) is 14.4 Å². The molecule has 2 unspecified atom stereocenters. The van der Waals surface area contributed by atoms with E-state index >= 15 is 0 Å². The van der Waals surface area contributed by atoms with Crippen LogP contribution in [0, 0.1) is 6.92 Å². The van der Waals surface area contributed by atoms with E-state index in [9.17, 15) is 24.3 Å². The number of phenols is 1. The number of alkyl carbamates (subject to hydrolysis) is 1. The van der Waals surface area contributed by atoms with Gasteiger partial charge in [-0.25, -0.2) is 4.79 Å². The van der Waals surface area contributed by atoms with Crippen molar-refractivity contribution in [1.82, 2.24) is 15.5 Å². The molecule has 0 aliphatic rings. The number of rotatable bonds is 13. The SMILES string of the molecule is C=CCN(C(=O)C(CC(N)=O)NC(=O)OC(C)(C)C)C(C(=O)NCCCCC)c1ccc(O)c(C)c1. The summed E-state index contributed by atoms with van der Waals surface area (Å²) in [7, 11) is 0. The number of nitrogens with two attached hydrogens (primary N) is 1. The summed E-state index contributed by atoms with van der Waals surface area (Å²) in [5.74, 6) is -1.93. The van der Waals surface area contributed by atoms with Gasteiger partial charge in [0.1, 0.15) is 23.4 Å². The fraction of sp³-hybridized carbons (Fsp3) is 0.538. The van der Waals surface area contributed by atoms with Crippen LogP contribution in [0.25, 0.3) is 0 Å². The second kappa shape index (κ2) is 14.1. The molecular weight excluding hydrogens is 464 g/mol. The highest BCUT2D eigenvalue weighted by Gasteiger charge is 2.36. The average molecular weight is 505 g/mol. The van der Waals surface area contributed by atoms with Gasteiger partial charge in [0, 0.05) is 13.1 Å². The number of carbonyl (C=O) groups excluding carboxylic acids is 4. The Balaban J connectivity index is 3.42. The average Bonchev–Trinajstić information content (AvgIpc) is 2.76. The number of benzene rings is 1. The topological polar surface area (TPSA) is 151 Å². The zero-order valence-corrected chi connectivity index (χ0v) is 21.9. The van der Waals surface area contributed by atoms with Crippen LogP contribution in [-0.4, -0.2) is 58.6 Å². The second-order valence-electron chi connectivity index (χ2n) is 9.60. The van der Waals surface area contributed by atoms with Crippen LogP contribution >= 0.6 is 0 Å². The lowest BCUT2D eigenvalue weighted by molar-refractivity contribution is -0.142. The van der Waals surface area contributed by atoms with Crippen LogP contribution in [0.1, 0.15) is 70.5 Å². The van der Waals surface area contributed by atoms with Crippen molar-refractivity contribution in [2.45, 2.75) is 78.0 Å². The molecule has 10 nitrogen and oxygen atoms in total. The highest BCUT2D eigenvalue weighted by molar-refractivity contribution is 5.94. The largest absolute Gasteiger partial charge is 0.508 e. The molecule has 10 heteroatoms. The molecule has 2 atom stereocenters. The van der Waals surface area contributed by atoms with Gasteiger partial charge in [0.25, 0.3) is 0 Å². The molecule has 0 saturated heterocycles. The number of hydrogen-bond acceptors (Lipinski definition) is 6. The Bertz CT molecular complexity index is 941. The molecule has 200 valence electrons. The predicted molar refractivity (Wildman–Crippen MR) is 137 cm³/mol. The van der Waals surface area contributed by atoms with Crippen LogP contribution in [0.4, 0.5) is 4.79 Å². The number of nitrogens with one attached hydrogen (secondary N) is 2. The molecule has 0 spiro atoms. The number of phenolic OH excluding ortho intramolecular Hbond substituents is 1. The maximum atomic E-state index is 13.7. The molecule has 1 aromatic rings. The van der Waals surface area contributed by atoms with Gasteiger partial charge in [-0.1, -0.05) is 31.9 Å². The Kier molecular flexibility index (Phi) is 11.9. The molecule has 0 heterocycles. The first kappa shape index (κ1) is 30.5. The van der Waals surface area contributed by atoms with Crippen molar-refractivity contribution in [3.05, 3.63) is 42.0 Å². The van der Waals surface area contributed by atoms with Crippen molar-refractivity contribution in [3.8, 4) is 5.75 Å².